The molecular weight excluding hydrogens is 288 g/mol. The van der Waals surface area contributed by atoms with Gasteiger partial charge in [-0.1, -0.05) is 19.9 Å². The molecule has 70 valence electrons. The van der Waals surface area contributed by atoms with E-state index in [4.69, 9.17) is 5.11 Å². The molecule has 2 nitrogen and oxygen atoms in total. The molecule has 1 N–H and O–H groups in total. The fourth-order valence-electron chi connectivity index (χ4n) is 0.874. The summed E-state index contributed by atoms with van der Waals surface area (Å²) in [4.78, 5) is 10.7. The Bertz CT molecular complexity index is 183. The minimum atomic E-state index is -0.734. The van der Waals surface area contributed by atoms with Gasteiger partial charge in [0.2, 0.25) is 0 Å². The Kier molecular flexibility index (Phi) is 5.84. The van der Waals surface area contributed by atoms with Gasteiger partial charge in [0.15, 0.2) is 0 Å². The lowest BCUT2D eigenvalue weighted by Gasteiger charge is -2.13. The molecule has 0 aromatic carbocycles. The highest BCUT2D eigenvalue weighted by Crippen LogP contribution is 2.20. The van der Waals surface area contributed by atoms with E-state index in [0.717, 1.165) is 3.39 Å². The average molecular weight is 300 g/mol. The summed E-state index contributed by atoms with van der Waals surface area (Å²) in [6.45, 7) is 3.82. The third-order valence-corrected chi connectivity index (χ3v) is 2.30. The molecule has 12 heavy (non-hydrogen) atoms. The summed E-state index contributed by atoms with van der Waals surface area (Å²) in [5.41, 5.74) is 0. The van der Waals surface area contributed by atoms with Gasteiger partial charge in [-0.25, -0.2) is 0 Å². The molecule has 0 rings (SSSR count). The fraction of sp³-hybridized carbons (Fsp3) is 0.625. The maximum Gasteiger partial charge on any atom is 0.307 e. The number of hydrogen-bond donors (Lipinski definition) is 1. The van der Waals surface area contributed by atoms with Crippen molar-refractivity contribution in [3.63, 3.8) is 0 Å². The third kappa shape index (κ3) is 4.93. The molecule has 4 heteroatoms. The highest BCUT2D eigenvalue weighted by Gasteiger charge is 2.19. The lowest BCUT2D eigenvalue weighted by atomic mass is 9.93. The summed E-state index contributed by atoms with van der Waals surface area (Å²) in [6, 6.07) is 0. The first kappa shape index (κ1) is 12.2. The molecule has 1 atom stereocenters. The van der Waals surface area contributed by atoms with E-state index in [-0.39, 0.29) is 11.8 Å². The van der Waals surface area contributed by atoms with Crippen molar-refractivity contribution in [3.8, 4) is 0 Å². The predicted molar refractivity (Wildman–Crippen MR) is 56.5 cm³/mol. The van der Waals surface area contributed by atoms with Gasteiger partial charge in [0.25, 0.3) is 0 Å². The highest BCUT2D eigenvalue weighted by atomic mass is 79.9. The minimum Gasteiger partial charge on any atom is -0.481 e. The van der Waals surface area contributed by atoms with Crippen LogP contribution in [0.5, 0.6) is 0 Å². The van der Waals surface area contributed by atoms with Crippen molar-refractivity contribution < 1.29 is 9.90 Å². The smallest absolute Gasteiger partial charge is 0.307 e. The van der Waals surface area contributed by atoms with E-state index in [1.807, 2.05) is 19.9 Å². The molecule has 0 aliphatic rings. The van der Waals surface area contributed by atoms with E-state index < -0.39 is 5.97 Å². The van der Waals surface area contributed by atoms with Gasteiger partial charge >= 0.3 is 5.97 Å². The first-order valence-electron chi connectivity index (χ1n) is 3.69. The molecule has 0 aliphatic heterocycles. The lowest BCUT2D eigenvalue weighted by molar-refractivity contribution is -0.143. The van der Waals surface area contributed by atoms with Gasteiger partial charge in [-0.05, 0) is 44.2 Å². The number of aliphatic carboxylic acids is 1. The molecule has 0 aromatic rings. The van der Waals surface area contributed by atoms with Crippen LogP contribution >= 0.6 is 31.9 Å². The number of rotatable bonds is 4. The standard InChI is InChI=1S/C8H12Br2O2/c1-5(2)6(8(11)12)3-4-7(9)10/h4-6H,3H2,1-2H3,(H,11,12). The Morgan fingerprint density at radius 3 is 2.25 bits per heavy atom. The van der Waals surface area contributed by atoms with E-state index in [2.05, 4.69) is 31.9 Å². The maximum atomic E-state index is 10.7. The lowest BCUT2D eigenvalue weighted by Crippen LogP contribution is -2.18. The molecule has 0 radical (unpaired) electrons. The van der Waals surface area contributed by atoms with Crippen LogP contribution < -0.4 is 0 Å². The average Bonchev–Trinajstić information content (AvgIpc) is 1.84. The molecule has 1 unspecified atom stereocenters. The summed E-state index contributed by atoms with van der Waals surface area (Å²) in [6.07, 6.45) is 2.37. The zero-order valence-electron chi connectivity index (χ0n) is 7.05. The van der Waals surface area contributed by atoms with Crippen LogP contribution in [0, 0.1) is 11.8 Å². The molecule has 0 heterocycles. The SMILES string of the molecule is CC(C)C(CC=C(Br)Br)C(=O)O. The largest absolute Gasteiger partial charge is 0.481 e. The summed E-state index contributed by atoms with van der Waals surface area (Å²) >= 11 is 6.37. The first-order chi connectivity index (χ1) is 5.45. The van der Waals surface area contributed by atoms with Crippen molar-refractivity contribution in [2.24, 2.45) is 11.8 Å². The fourth-order valence-corrected chi connectivity index (χ4v) is 1.25. The number of halogens is 2. The second-order valence-electron chi connectivity index (χ2n) is 2.92. The second kappa shape index (κ2) is 5.75. The van der Waals surface area contributed by atoms with Crippen LogP contribution in [0.15, 0.2) is 9.47 Å². The quantitative estimate of drug-likeness (QED) is 0.864. The zero-order valence-corrected chi connectivity index (χ0v) is 10.2. The van der Waals surface area contributed by atoms with Crippen LogP contribution in [0.3, 0.4) is 0 Å². The molecule has 0 saturated carbocycles. The van der Waals surface area contributed by atoms with Crippen LogP contribution in [-0.2, 0) is 4.79 Å². The molecule has 0 bridgehead atoms. The molecule has 0 aromatic heterocycles. The van der Waals surface area contributed by atoms with Crippen molar-refractivity contribution in [2.75, 3.05) is 0 Å². The minimum absolute atomic E-state index is 0.165. The summed E-state index contributed by atoms with van der Waals surface area (Å²) in [5, 5.41) is 8.80. The van der Waals surface area contributed by atoms with E-state index in [0.29, 0.717) is 6.42 Å². The molecular formula is C8H12Br2O2. The molecule has 0 fully saturated rings. The monoisotopic (exact) mass is 298 g/mol. The van der Waals surface area contributed by atoms with Crippen LogP contribution in [0.4, 0.5) is 0 Å². The number of hydrogen-bond acceptors (Lipinski definition) is 1. The van der Waals surface area contributed by atoms with Crippen molar-refractivity contribution in [3.05, 3.63) is 9.47 Å². The number of carboxylic acid groups (broad SMARTS) is 1. The van der Waals surface area contributed by atoms with Crippen molar-refractivity contribution >= 4 is 37.8 Å². The van der Waals surface area contributed by atoms with E-state index in [1.54, 1.807) is 0 Å². The molecule has 0 saturated heterocycles. The van der Waals surface area contributed by atoms with Crippen molar-refractivity contribution in [1.82, 2.24) is 0 Å². The third-order valence-electron chi connectivity index (χ3n) is 1.65. The van der Waals surface area contributed by atoms with Crippen LogP contribution in [0.25, 0.3) is 0 Å². The Morgan fingerprint density at radius 2 is 2.00 bits per heavy atom. The Morgan fingerprint density at radius 1 is 1.50 bits per heavy atom. The Labute approximate surface area is 89.3 Å². The predicted octanol–water partition coefficient (Wildman–Crippen LogP) is 3.36. The number of carbonyl (C=O) groups is 1. The zero-order chi connectivity index (χ0) is 9.72. The van der Waals surface area contributed by atoms with Crippen LogP contribution in [0.1, 0.15) is 20.3 Å². The number of allylic oxidation sites excluding steroid dienone is 1. The normalized spacial score (nSPS) is 12.8. The van der Waals surface area contributed by atoms with E-state index in [1.165, 1.54) is 0 Å². The van der Waals surface area contributed by atoms with E-state index >= 15 is 0 Å². The van der Waals surface area contributed by atoms with Gasteiger partial charge in [0, 0.05) is 0 Å². The second-order valence-corrected chi connectivity index (χ2v) is 5.69. The van der Waals surface area contributed by atoms with Gasteiger partial charge < -0.3 is 5.11 Å². The first-order valence-corrected chi connectivity index (χ1v) is 5.27. The van der Waals surface area contributed by atoms with Crippen LogP contribution in [0.2, 0.25) is 0 Å². The van der Waals surface area contributed by atoms with Gasteiger partial charge in [-0.15, -0.1) is 0 Å². The van der Waals surface area contributed by atoms with E-state index in [9.17, 15) is 4.79 Å². The highest BCUT2D eigenvalue weighted by molar-refractivity contribution is 9.28. The summed E-state index contributed by atoms with van der Waals surface area (Å²) in [5.74, 6) is -0.865. The summed E-state index contributed by atoms with van der Waals surface area (Å²) in [7, 11) is 0. The van der Waals surface area contributed by atoms with Crippen LogP contribution in [-0.4, -0.2) is 11.1 Å². The Balaban J connectivity index is 4.15. The number of carboxylic acids is 1. The van der Waals surface area contributed by atoms with Crippen molar-refractivity contribution in [1.29, 1.82) is 0 Å². The maximum absolute atomic E-state index is 10.7. The molecule has 0 amide bonds. The molecule has 0 spiro atoms. The van der Waals surface area contributed by atoms with Gasteiger partial charge in [0.05, 0.1) is 9.31 Å². The molecule has 0 aliphatic carbocycles. The topological polar surface area (TPSA) is 37.3 Å². The van der Waals surface area contributed by atoms with Crippen molar-refractivity contribution in [2.45, 2.75) is 20.3 Å². The van der Waals surface area contributed by atoms with Gasteiger partial charge in [0.1, 0.15) is 0 Å². The summed E-state index contributed by atoms with van der Waals surface area (Å²) < 4.78 is 0.807. The van der Waals surface area contributed by atoms with Gasteiger partial charge in [-0.3, -0.25) is 4.79 Å². The van der Waals surface area contributed by atoms with Gasteiger partial charge in [-0.2, -0.15) is 0 Å². The Hall–Kier alpha value is 0.170.